The van der Waals surface area contributed by atoms with E-state index >= 15 is 0 Å². The number of aromatic nitrogens is 1. The largest absolute Gasteiger partial charge is 0.416 e. The first-order valence-electron chi connectivity index (χ1n) is 9.68. The number of fused-ring (bicyclic) bond motifs is 3. The molecule has 31 heavy (non-hydrogen) atoms. The third-order valence-corrected chi connectivity index (χ3v) is 5.47. The van der Waals surface area contributed by atoms with E-state index in [0.717, 1.165) is 39.2 Å². The molecule has 2 nitrogen and oxygen atoms in total. The van der Waals surface area contributed by atoms with Crippen molar-refractivity contribution < 1.29 is 13.2 Å². The highest BCUT2D eigenvalue weighted by Gasteiger charge is 2.31. The van der Waals surface area contributed by atoms with E-state index in [2.05, 4.69) is 6.07 Å². The molecular formula is C26H15F3N2. The zero-order chi connectivity index (χ0) is 21.6. The molecule has 0 radical (unpaired) electrons. The van der Waals surface area contributed by atoms with Gasteiger partial charge in [-0.25, -0.2) is 0 Å². The summed E-state index contributed by atoms with van der Waals surface area (Å²) in [7, 11) is 0. The van der Waals surface area contributed by atoms with Gasteiger partial charge in [-0.3, -0.25) is 0 Å². The molecule has 4 aromatic carbocycles. The maximum Gasteiger partial charge on any atom is 0.416 e. The van der Waals surface area contributed by atoms with Gasteiger partial charge in [0.1, 0.15) is 0 Å². The summed E-state index contributed by atoms with van der Waals surface area (Å²) in [5.74, 6) is 0. The van der Waals surface area contributed by atoms with Crippen LogP contribution in [0.4, 0.5) is 13.2 Å². The van der Waals surface area contributed by atoms with Crippen LogP contribution >= 0.6 is 0 Å². The Kier molecular flexibility index (Phi) is 4.30. The lowest BCUT2D eigenvalue weighted by molar-refractivity contribution is -0.137. The molecule has 5 rings (SSSR count). The van der Waals surface area contributed by atoms with Crippen LogP contribution in [0.15, 0.2) is 91.0 Å². The highest BCUT2D eigenvalue weighted by atomic mass is 19.4. The van der Waals surface area contributed by atoms with Gasteiger partial charge in [-0.05, 0) is 42.0 Å². The van der Waals surface area contributed by atoms with Gasteiger partial charge in [-0.1, -0.05) is 54.6 Å². The summed E-state index contributed by atoms with van der Waals surface area (Å²) in [5.41, 5.74) is 3.72. The van der Waals surface area contributed by atoms with E-state index in [1.165, 1.54) is 6.07 Å². The van der Waals surface area contributed by atoms with E-state index in [4.69, 9.17) is 5.26 Å². The lowest BCUT2D eigenvalue weighted by Gasteiger charge is -2.15. The van der Waals surface area contributed by atoms with Gasteiger partial charge in [0.2, 0.25) is 0 Å². The number of hydrogen-bond acceptors (Lipinski definition) is 1. The Morgan fingerprint density at radius 1 is 0.710 bits per heavy atom. The highest BCUT2D eigenvalue weighted by molar-refractivity contribution is 6.10. The molecule has 0 aliphatic rings. The standard InChI is InChI=1S/C26H15F3N2/c27-26(28,29)19-13-14-22-21-6-2-4-8-24(21)31(25(22)15-19)23-7-3-1-5-20(23)18-11-9-17(16-30)10-12-18/h1-15H. The fourth-order valence-corrected chi connectivity index (χ4v) is 4.04. The van der Waals surface area contributed by atoms with Crippen molar-refractivity contribution in [3.8, 4) is 22.9 Å². The Bertz CT molecular complexity index is 1470. The van der Waals surface area contributed by atoms with Gasteiger partial charge in [-0.2, -0.15) is 18.4 Å². The van der Waals surface area contributed by atoms with Crippen LogP contribution in [0.5, 0.6) is 0 Å². The summed E-state index contributed by atoms with van der Waals surface area (Å²) in [6, 6.07) is 28.4. The normalized spacial score (nSPS) is 11.7. The molecule has 0 saturated carbocycles. The van der Waals surface area contributed by atoms with Crippen LogP contribution in [-0.4, -0.2) is 4.57 Å². The minimum Gasteiger partial charge on any atom is -0.309 e. The lowest BCUT2D eigenvalue weighted by Crippen LogP contribution is -2.05. The zero-order valence-electron chi connectivity index (χ0n) is 16.2. The van der Waals surface area contributed by atoms with Crippen molar-refractivity contribution in [1.29, 1.82) is 5.26 Å². The van der Waals surface area contributed by atoms with Crippen LogP contribution < -0.4 is 0 Å². The van der Waals surface area contributed by atoms with Crippen molar-refractivity contribution in [3.63, 3.8) is 0 Å². The van der Waals surface area contributed by atoms with Gasteiger partial charge >= 0.3 is 6.18 Å². The van der Waals surface area contributed by atoms with Crippen molar-refractivity contribution in [1.82, 2.24) is 4.57 Å². The van der Waals surface area contributed by atoms with Gasteiger partial charge in [0, 0.05) is 16.3 Å². The number of alkyl halides is 3. The Morgan fingerprint density at radius 3 is 2.13 bits per heavy atom. The molecule has 0 saturated heterocycles. The van der Waals surface area contributed by atoms with Crippen molar-refractivity contribution in [3.05, 3.63) is 102 Å². The van der Waals surface area contributed by atoms with E-state index in [1.807, 2.05) is 65.2 Å². The fraction of sp³-hybridized carbons (Fsp3) is 0.0385. The number of para-hydroxylation sites is 2. The van der Waals surface area contributed by atoms with E-state index in [0.29, 0.717) is 11.1 Å². The van der Waals surface area contributed by atoms with E-state index < -0.39 is 11.7 Å². The average Bonchev–Trinajstić information content (AvgIpc) is 3.12. The van der Waals surface area contributed by atoms with Gasteiger partial charge in [0.25, 0.3) is 0 Å². The molecule has 0 bridgehead atoms. The van der Waals surface area contributed by atoms with Crippen molar-refractivity contribution in [2.24, 2.45) is 0 Å². The van der Waals surface area contributed by atoms with Crippen LogP contribution in [-0.2, 0) is 6.18 Å². The predicted octanol–water partition coefficient (Wildman–Crippen LogP) is 7.34. The molecule has 0 atom stereocenters. The van der Waals surface area contributed by atoms with Gasteiger partial charge in [0.05, 0.1) is 33.9 Å². The summed E-state index contributed by atoms with van der Waals surface area (Å²) in [4.78, 5) is 0. The molecule has 0 N–H and O–H groups in total. The predicted molar refractivity (Wildman–Crippen MR) is 116 cm³/mol. The van der Waals surface area contributed by atoms with Crippen LogP contribution in [0.2, 0.25) is 0 Å². The first-order chi connectivity index (χ1) is 15.0. The summed E-state index contributed by atoms with van der Waals surface area (Å²) in [6.07, 6.45) is -4.43. The molecule has 0 spiro atoms. The number of nitriles is 1. The lowest BCUT2D eigenvalue weighted by atomic mass is 10.0. The van der Waals surface area contributed by atoms with Crippen LogP contribution in [0.1, 0.15) is 11.1 Å². The zero-order valence-corrected chi connectivity index (χ0v) is 16.2. The third kappa shape index (κ3) is 3.13. The second kappa shape index (κ2) is 7.03. The summed E-state index contributed by atoms with van der Waals surface area (Å²) in [6.45, 7) is 0. The monoisotopic (exact) mass is 412 g/mol. The SMILES string of the molecule is N#Cc1ccc(-c2ccccc2-n2c3ccccc3c3ccc(C(F)(F)F)cc32)cc1. The van der Waals surface area contributed by atoms with Crippen LogP contribution in [0.25, 0.3) is 38.6 Å². The van der Waals surface area contributed by atoms with Crippen molar-refractivity contribution in [2.45, 2.75) is 6.18 Å². The molecule has 5 heteroatoms. The number of rotatable bonds is 2. The second-order valence-electron chi connectivity index (χ2n) is 7.29. The van der Waals surface area contributed by atoms with E-state index in [9.17, 15) is 13.2 Å². The molecule has 0 aliphatic heterocycles. The maximum atomic E-state index is 13.5. The topological polar surface area (TPSA) is 28.7 Å². The first-order valence-corrected chi connectivity index (χ1v) is 9.68. The molecule has 0 fully saturated rings. The van der Waals surface area contributed by atoms with Gasteiger partial charge in [-0.15, -0.1) is 0 Å². The second-order valence-corrected chi connectivity index (χ2v) is 7.29. The minimum atomic E-state index is -4.43. The Morgan fingerprint density at radius 2 is 1.39 bits per heavy atom. The van der Waals surface area contributed by atoms with Crippen LogP contribution in [0.3, 0.4) is 0 Å². The van der Waals surface area contributed by atoms with Gasteiger partial charge < -0.3 is 4.57 Å². The van der Waals surface area contributed by atoms with Gasteiger partial charge in [0.15, 0.2) is 0 Å². The quantitative estimate of drug-likeness (QED) is 0.298. The molecule has 5 aromatic rings. The molecule has 0 amide bonds. The fourth-order valence-electron chi connectivity index (χ4n) is 4.04. The molecule has 0 aliphatic carbocycles. The van der Waals surface area contributed by atoms with Crippen molar-refractivity contribution >= 4 is 21.8 Å². The maximum absolute atomic E-state index is 13.5. The number of halogens is 3. The van der Waals surface area contributed by atoms with E-state index in [-0.39, 0.29) is 0 Å². The smallest absolute Gasteiger partial charge is 0.309 e. The Hall–Kier alpha value is -4.04. The molecule has 150 valence electrons. The molecule has 0 unspecified atom stereocenters. The highest BCUT2D eigenvalue weighted by Crippen LogP contribution is 2.39. The summed E-state index contributed by atoms with van der Waals surface area (Å²) < 4.78 is 42.3. The number of benzene rings is 4. The van der Waals surface area contributed by atoms with Crippen LogP contribution in [0, 0.1) is 11.3 Å². The Labute approximate surface area is 176 Å². The first kappa shape index (κ1) is 19.0. The third-order valence-electron chi connectivity index (χ3n) is 5.47. The summed E-state index contributed by atoms with van der Waals surface area (Å²) >= 11 is 0. The molecular weight excluding hydrogens is 397 g/mol. The van der Waals surface area contributed by atoms with Crippen molar-refractivity contribution in [2.75, 3.05) is 0 Å². The summed E-state index contributed by atoms with van der Waals surface area (Å²) in [5, 5.41) is 10.7. The molecule has 1 aromatic heterocycles. The molecule has 1 heterocycles. The Balaban J connectivity index is 1.85. The minimum absolute atomic E-state index is 0.497. The van der Waals surface area contributed by atoms with E-state index in [1.54, 1.807) is 18.2 Å². The average molecular weight is 412 g/mol. The number of hydrogen-bond donors (Lipinski definition) is 0. The number of nitrogens with zero attached hydrogens (tertiary/aromatic N) is 2.